The number of hydrogen-bond acceptors (Lipinski definition) is 2. The molecule has 0 amide bonds. The zero-order valence-electron chi connectivity index (χ0n) is 20.1. The highest BCUT2D eigenvalue weighted by atomic mass is 15.2. The lowest BCUT2D eigenvalue weighted by Crippen LogP contribution is -2.55. The Kier molecular flexibility index (Phi) is 10.2. The van der Waals surface area contributed by atoms with Crippen LogP contribution in [0.15, 0.2) is 24.3 Å². The monoisotopic (exact) mass is 412 g/mol. The maximum atomic E-state index is 3.96. The van der Waals surface area contributed by atoms with E-state index in [4.69, 9.17) is 0 Å². The molecule has 2 aliphatic rings. The molecule has 170 valence electrons. The van der Waals surface area contributed by atoms with Crippen LogP contribution in [0.3, 0.4) is 0 Å². The number of unbranched alkanes of at least 4 members (excludes halogenated alkanes) is 8. The summed E-state index contributed by atoms with van der Waals surface area (Å²) in [4.78, 5) is 2.88. The summed E-state index contributed by atoms with van der Waals surface area (Å²) >= 11 is 0. The van der Waals surface area contributed by atoms with Crippen molar-refractivity contribution in [2.75, 3.05) is 19.6 Å². The van der Waals surface area contributed by atoms with Gasteiger partial charge >= 0.3 is 0 Å². The Bertz CT molecular complexity index is 574. The Morgan fingerprint density at radius 1 is 0.833 bits per heavy atom. The predicted octanol–water partition coefficient (Wildman–Crippen LogP) is 7.21. The van der Waals surface area contributed by atoms with E-state index in [1.54, 1.807) is 11.1 Å². The van der Waals surface area contributed by atoms with Crippen molar-refractivity contribution in [1.29, 1.82) is 0 Å². The van der Waals surface area contributed by atoms with Crippen molar-refractivity contribution >= 4 is 0 Å². The smallest absolute Gasteiger partial charge is 0.0461 e. The molecule has 0 saturated carbocycles. The fourth-order valence-corrected chi connectivity index (χ4v) is 5.93. The average molecular weight is 413 g/mol. The molecule has 0 aromatic heterocycles. The van der Waals surface area contributed by atoms with E-state index in [2.05, 4.69) is 48.3 Å². The largest absolute Gasteiger partial charge is 0.307 e. The van der Waals surface area contributed by atoms with Gasteiger partial charge in [0.15, 0.2) is 0 Å². The van der Waals surface area contributed by atoms with E-state index in [0.717, 1.165) is 12.6 Å². The van der Waals surface area contributed by atoms with Gasteiger partial charge in [0.1, 0.15) is 0 Å². The number of hydrogen-bond donors (Lipinski definition) is 1. The highest BCUT2D eigenvalue weighted by Crippen LogP contribution is 2.38. The van der Waals surface area contributed by atoms with Gasteiger partial charge < -0.3 is 10.2 Å². The van der Waals surface area contributed by atoms with Crippen LogP contribution < -0.4 is 5.32 Å². The molecule has 2 nitrogen and oxygen atoms in total. The van der Waals surface area contributed by atoms with Gasteiger partial charge in [-0.25, -0.2) is 0 Å². The van der Waals surface area contributed by atoms with Crippen LogP contribution in [-0.2, 0) is 12.0 Å². The Hall–Kier alpha value is -0.860. The van der Waals surface area contributed by atoms with Crippen molar-refractivity contribution in [3.63, 3.8) is 0 Å². The molecule has 2 aliphatic heterocycles. The third-order valence-corrected chi connectivity index (χ3v) is 7.84. The lowest BCUT2D eigenvalue weighted by molar-refractivity contribution is 0.0826. The molecule has 2 heteroatoms. The molecule has 1 fully saturated rings. The quantitative estimate of drug-likeness (QED) is 0.344. The van der Waals surface area contributed by atoms with Crippen molar-refractivity contribution in [3.8, 4) is 0 Å². The first-order valence-electron chi connectivity index (χ1n) is 13.4. The van der Waals surface area contributed by atoms with Crippen LogP contribution in [0.4, 0.5) is 0 Å². The molecule has 0 radical (unpaired) electrons. The summed E-state index contributed by atoms with van der Waals surface area (Å²) in [6.45, 7) is 8.33. The summed E-state index contributed by atoms with van der Waals surface area (Å²) in [5.74, 6) is 0. The van der Waals surface area contributed by atoms with Gasteiger partial charge in [0.05, 0.1) is 0 Å². The lowest BCUT2D eigenvalue weighted by Gasteiger charge is -2.48. The molecular weight excluding hydrogens is 364 g/mol. The molecule has 1 spiro atoms. The Morgan fingerprint density at radius 3 is 2.07 bits per heavy atom. The van der Waals surface area contributed by atoms with Crippen LogP contribution in [0.1, 0.15) is 115 Å². The van der Waals surface area contributed by atoms with Gasteiger partial charge in [0.2, 0.25) is 0 Å². The minimum Gasteiger partial charge on any atom is -0.307 e. The molecule has 0 bridgehead atoms. The molecule has 3 rings (SSSR count). The predicted molar refractivity (Wildman–Crippen MR) is 131 cm³/mol. The van der Waals surface area contributed by atoms with Crippen molar-refractivity contribution in [1.82, 2.24) is 10.2 Å². The van der Waals surface area contributed by atoms with E-state index in [1.165, 1.54) is 109 Å². The van der Waals surface area contributed by atoms with Crippen LogP contribution in [0.25, 0.3) is 0 Å². The van der Waals surface area contributed by atoms with Crippen LogP contribution >= 0.6 is 0 Å². The molecule has 2 heterocycles. The van der Waals surface area contributed by atoms with E-state index in [1.807, 2.05) is 0 Å². The van der Waals surface area contributed by atoms with Gasteiger partial charge in [-0.05, 0) is 43.2 Å². The second kappa shape index (κ2) is 12.9. The van der Waals surface area contributed by atoms with Crippen molar-refractivity contribution in [2.45, 2.75) is 122 Å². The zero-order valence-corrected chi connectivity index (χ0v) is 20.1. The van der Waals surface area contributed by atoms with E-state index in [-0.39, 0.29) is 5.54 Å². The topological polar surface area (TPSA) is 15.3 Å². The molecule has 0 aliphatic carbocycles. The fourth-order valence-electron chi connectivity index (χ4n) is 5.93. The summed E-state index contributed by atoms with van der Waals surface area (Å²) in [5, 5.41) is 3.96. The molecule has 0 atom stereocenters. The number of nitrogens with one attached hydrogen (secondary N) is 1. The molecular formula is C28H48N2. The van der Waals surface area contributed by atoms with Crippen LogP contribution in [-0.4, -0.2) is 30.6 Å². The van der Waals surface area contributed by atoms with Crippen LogP contribution in [0.5, 0.6) is 0 Å². The number of likely N-dealkylation sites (tertiary alicyclic amines) is 1. The maximum Gasteiger partial charge on any atom is 0.0461 e. The first-order valence-corrected chi connectivity index (χ1v) is 13.4. The Morgan fingerprint density at radius 2 is 1.43 bits per heavy atom. The van der Waals surface area contributed by atoms with E-state index < -0.39 is 0 Å². The molecule has 1 saturated heterocycles. The van der Waals surface area contributed by atoms with Gasteiger partial charge in [0.25, 0.3) is 0 Å². The highest BCUT2D eigenvalue weighted by molar-refractivity contribution is 5.37. The van der Waals surface area contributed by atoms with Gasteiger partial charge in [-0.1, -0.05) is 102 Å². The van der Waals surface area contributed by atoms with Gasteiger partial charge in [-0.3, -0.25) is 0 Å². The third kappa shape index (κ3) is 6.57. The SMILES string of the molecule is CCCCCCCC(CCCCCCC)N1CCC2(CC1)NCCc1ccccc12. The standard InChI is InChI=1S/C28H48N2/c1-3-5-7-9-11-16-26(17-12-10-8-6-4-2)30-23-20-28(21-24-30)27-18-14-13-15-25(27)19-22-29-28/h13-15,18,26,29H,3-12,16-17,19-24H2,1-2H3. The lowest BCUT2D eigenvalue weighted by atomic mass is 9.75. The minimum atomic E-state index is 0.248. The first kappa shape index (κ1) is 23.8. The van der Waals surface area contributed by atoms with Crippen molar-refractivity contribution in [3.05, 3.63) is 35.4 Å². The van der Waals surface area contributed by atoms with Crippen LogP contribution in [0, 0.1) is 0 Å². The van der Waals surface area contributed by atoms with Gasteiger partial charge in [0, 0.05) is 31.2 Å². The van der Waals surface area contributed by atoms with Crippen molar-refractivity contribution in [2.24, 2.45) is 0 Å². The zero-order chi connectivity index (χ0) is 21.1. The van der Waals surface area contributed by atoms with Crippen LogP contribution in [0.2, 0.25) is 0 Å². The summed E-state index contributed by atoms with van der Waals surface area (Å²) < 4.78 is 0. The van der Waals surface area contributed by atoms with E-state index >= 15 is 0 Å². The fraction of sp³-hybridized carbons (Fsp3) is 0.786. The Labute approximate surface area is 187 Å². The van der Waals surface area contributed by atoms with Gasteiger partial charge in [-0.2, -0.15) is 0 Å². The third-order valence-electron chi connectivity index (χ3n) is 7.84. The second-order valence-electron chi connectivity index (χ2n) is 10.0. The molecule has 1 aromatic carbocycles. The summed E-state index contributed by atoms with van der Waals surface area (Å²) in [6, 6.07) is 10.1. The molecule has 30 heavy (non-hydrogen) atoms. The summed E-state index contributed by atoms with van der Waals surface area (Å²) in [5.41, 5.74) is 3.44. The van der Waals surface area contributed by atoms with E-state index in [0.29, 0.717) is 0 Å². The molecule has 1 N–H and O–H groups in total. The number of nitrogens with zero attached hydrogens (tertiary/aromatic N) is 1. The number of rotatable bonds is 13. The second-order valence-corrected chi connectivity index (χ2v) is 10.0. The maximum absolute atomic E-state index is 3.96. The molecule has 1 aromatic rings. The average Bonchev–Trinajstić information content (AvgIpc) is 2.78. The highest BCUT2D eigenvalue weighted by Gasteiger charge is 2.40. The minimum absolute atomic E-state index is 0.248. The number of fused-ring (bicyclic) bond motifs is 2. The number of piperidine rings is 1. The summed E-state index contributed by atoms with van der Waals surface area (Å²) in [7, 11) is 0. The van der Waals surface area contributed by atoms with Gasteiger partial charge in [-0.15, -0.1) is 0 Å². The molecule has 0 unspecified atom stereocenters. The Balaban J connectivity index is 1.54. The first-order chi connectivity index (χ1) is 14.8. The van der Waals surface area contributed by atoms with E-state index in [9.17, 15) is 0 Å². The van der Waals surface area contributed by atoms with Crippen molar-refractivity contribution < 1.29 is 0 Å². The normalized spacial score (nSPS) is 18.8. The number of benzene rings is 1. The summed E-state index contributed by atoms with van der Waals surface area (Å²) in [6.07, 6.45) is 20.8.